The Hall–Kier alpha value is -2.20. The number of quaternary nitrogens is 1. The molecule has 0 radical (unpaired) electrons. The first-order chi connectivity index (χ1) is 15.0. The molecule has 2 unspecified atom stereocenters. The molecular formula is C23H29BrN2O6. The van der Waals surface area contributed by atoms with E-state index in [1.165, 1.54) is 0 Å². The first-order valence-electron chi connectivity index (χ1n) is 10.8. The molecule has 2 aliphatic rings. The molecule has 1 saturated heterocycles. The van der Waals surface area contributed by atoms with Crippen molar-refractivity contribution in [1.82, 2.24) is 0 Å². The lowest BCUT2D eigenvalue weighted by molar-refractivity contribution is -0.932. The summed E-state index contributed by atoms with van der Waals surface area (Å²) in [7, 11) is 0. The van der Waals surface area contributed by atoms with Gasteiger partial charge in [-0.3, -0.25) is 10.1 Å². The van der Waals surface area contributed by atoms with Crippen molar-refractivity contribution in [3.8, 4) is 11.5 Å². The fraction of sp³-hybridized carbons (Fsp3) is 0.478. The minimum absolute atomic E-state index is 0. The molecule has 2 aromatic carbocycles. The number of nitro groups is 1. The Labute approximate surface area is 198 Å². The Morgan fingerprint density at radius 3 is 2.50 bits per heavy atom. The number of halogens is 1. The molecule has 1 N–H and O–H groups in total. The van der Waals surface area contributed by atoms with Gasteiger partial charge in [0.15, 0.2) is 17.6 Å². The van der Waals surface area contributed by atoms with Crippen LogP contribution in [0, 0.1) is 10.1 Å². The van der Waals surface area contributed by atoms with E-state index < -0.39 is 6.10 Å². The topological polar surface area (TPSA) is 91.1 Å². The molecule has 8 nitrogen and oxygen atoms in total. The van der Waals surface area contributed by atoms with Gasteiger partial charge in [-0.1, -0.05) is 12.1 Å². The predicted octanol–water partition coefficient (Wildman–Crippen LogP) is -0.0731. The number of fused-ring (bicyclic) bond motifs is 1. The van der Waals surface area contributed by atoms with Crippen LogP contribution in [-0.4, -0.2) is 66.2 Å². The van der Waals surface area contributed by atoms with Crippen molar-refractivity contribution in [2.24, 2.45) is 0 Å². The van der Waals surface area contributed by atoms with Gasteiger partial charge in [0.25, 0.3) is 5.69 Å². The van der Waals surface area contributed by atoms with Gasteiger partial charge in [-0.25, -0.2) is 0 Å². The van der Waals surface area contributed by atoms with Gasteiger partial charge < -0.3 is 40.8 Å². The van der Waals surface area contributed by atoms with Gasteiger partial charge in [0.2, 0.25) is 0 Å². The van der Waals surface area contributed by atoms with E-state index in [1.807, 2.05) is 36.4 Å². The SMILES string of the molecule is O=[N+]([O-])c1ccc(C[N+]2(CC(O)COCC3COc4ccccc4O3)CCCC2)cc1.[Br-]. The summed E-state index contributed by atoms with van der Waals surface area (Å²) in [6.07, 6.45) is 1.45. The molecule has 0 saturated carbocycles. The zero-order chi connectivity index (χ0) is 21.7. The van der Waals surface area contributed by atoms with Gasteiger partial charge in [-0.2, -0.15) is 0 Å². The van der Waals surface area contributed by atoms with Gasteiger partial charge in [0, 0.05) is 30.5 Å². The molecule has 0 aliphatic carbocycles. The predicted molar refractivity (Wildman–Crippen MR) is 114 cm³/mol. The van der Waals surface area contributed by atoms with Gasteiger partial charge in [-0.15, -0.1) is 0 Å². The molecule has 4 rings (SSSR count). The van der Waals surface area contributed by atoms with E-state index in [4.69, 9.17) is 14.2 Å². The Balaban J connectivity index is 0.00000289. The number of hydrogen-bond acceptors (Lipinski definition) is 6. The lowest BCUT2D eigenvalue weighted by Crippen LogP contribution is -3.00. The largest absolute Gasteiger partial charge is 1.00 e. The van der Waals surface area contributed by atoms with Crippen LogP contribution in [0.4, 0.5) is 5.69 Å². The van der Waals surface area contributed by atoms with E-state index >= 15 is 0 Å². The fourth-order valence-electron chi connectivity index (χ4n) is 4.50. The number of nitro benzene ring substituents is 1. The average Bonchev–Trinajstić information content (AvgIpc) is 3.21. The van der Waals surface area contributed by atoms with Crippen LogP contribution in [0.5, 0.6) is 11.5 Å². The summed E-state index contributed by atoms with van der Waals surface area (Å²) >= 11 is 0. The van der Waals surface area contributed by atoms with Crippen molar-refractivity contribution in [2.45, 2.75) is 31.6 Å². The van der Waals surface area contributed by atoms with Gasteiger partial charge in [0.1, 0.15) is 25.8 Å². The number of benzene rings is 2. The highest BCUT2D eigenvalue weighted by molar-refractivity contribution is 5.40. The molecule has 0 aromatic heterocycles. The number of para-hydroxylation sites is 2. The highest BCUT2D eigenvalue weighted by Gasteiger charge is 2.34. The maximum absolute atomic E-state index is 10.9. The molecule has 32 heavy (non-hydrogen) atoms. The third-order valence-corrected chi connectivity index (χ3v) is 5.96. The summed E-state index contributed by atoms with van der Waals surface area (Å²) in [6, 6.07) is 14.3. The van der Waals surface area contributed by atoms with Crippen molar-refractivity contribution >= 4 is 5.69 Å². The van der Waals surface area contributed by atoms with E-state index in [1.54, 1.807) is 12.1 Å². The fourth-order valence-corrected chi connectivity index (χ4v) is 4.50. The molecule has 174 valence electrons. The van der Waals surface area contributed by atoms with Crippen molar-refractivity contribution in [2.75, 3.05) is 39.5 Å². The highest BCUT2D eigenvalue weighted by atomic mass is 79.9. The molecule has 9 heteroatoms. The second kappa shape index (κ2) is 11.1. The molecule has 2 aromatic rings. The molecule has 0 spiro atoms. The first-order valence-corrected chi connectivity index (χ1v) is 10.8. The monoisotopic (exact) mass is 508 g/mol. The zero-order valence-corrected chi connectivity index (χ0v) is 19.5. The van der Waals surface area contributed by atoms with E-state index in [0.29, 0.717) is 25.5 Å². The number of aliphatic hydroxyl groups excluding tert-OH is 1. The van der Waals surface area contributed by atoms with Crippen LogP contribution in [0.15, 0.2) is 48.5 Å². The maximum Gasteiger partial charge on any atom is 0.269 e. The van der Waals surface area contributed by atoms with Gasteiger partial charge in [0.05, 0.1) is 31.2 Å². The second-order valence-electron chi connectivity index (χ2n) is 8.45. The molecule has 2 atom stereocenters. The molecule has 1 fully saturated rings. The lowest BCUT2D eigenvalue weighted by atomic mass is 10.1. The normalized spacial score (nSPS) is 19.7. The van der Waals surface area contributed by atoms with Crippen LogP contribution in [0.1, 0.15) is 18.4 Å². The number of ether oxygens (including phenoxy) is 3. The first kappa shape index (κ1) is 24.4. The molecular weight excluding hydrogens is 480 g/mol. The number of rotatable bonds is 9. The van der Waals surface area contributed by atoms with Crippen LogP contribution in [0.25, 0.3) is 0 Å². The Morgan fingerprint density at radius 1 is 1.12 bits per heavy atom. The maximum atomic E-state index is 10.9. The average molecular weight is 509 g/mol. The van der Waals surface area contributed by atoms with Crippen LogP contribution < -0.4 is 26.5 Å². The lowest BCUT2D eigenvalue weighted by Gasteiger charge is -2.36. The zero-order valence-electron chi connectivity index (χ0n) is 17.9. The molecule has 2 aliphatic heterocycles. The van der Waals surface area contributed by atoms with Crippen molar-refractivity contribution in [1.29, 1.82) is 0 Å². The van der Waals surface area contributed by atoms with Crippen LogP contribution in [-0.2, 0) is 11.3 Å². The molecule has 0 bridgehead atoms. The van der Waals surface area contributed by atoms with E-state index in [9.17, 15) is 15.2 Å². The van der Waals surface area contributed by atoms with Crippen molar-refractivity contribution in [3.05, 3.63) is 64.2 Å². The Kier molecular flexibility index (Phi) is 8.47. The standard InChI is InChI=1S/C23H29N2O6.BrH/c26-20(15-29-16-21-17-30-22-5-1-2-6-23(22)31-21)14-25(11-3-4-12-25)13-18-7-9-19(10-8-18)24(27)28;/h1-2,5-10,20-21,26H,3-4,11-17H2;1H/q+1;/p-1. The summed E-state index contributed by atoms with van der Waals surface area (Å²) in [5.41, 5.74) is 1.15. The summed E-state index contributed by atoms with van der Waals surface area (Å²) in [5, 5.41) is 21.5. The quantitative estimate of drug-likeness (QED) is 0.289. The second-order valence-corrected chi connectivity index (χ2v) is 8.45. The van der Waals surface area contributed by atoms with Gasteiger partial charge >= 0.3 is 0 Å². The van der Waals surface area contributed by atoms with Crippen molar-refractivity contribution in [3.63, 3.8) is 0 Å². The number of aliphatic hydroxyl groups is 1. The number of hydrogen-bond donors (Lipinski definition) is 1. The third-order valence-electron chi connectivity index (χ3n) is 5.96. The van der Waals surface area contributed by atoms with Crippen LogP contribution >= 0.6 is 0 Å². The van der Waals surface area contributed by atoms with Crippen molar-refractivity contribution < 1.29 is 45.7 Å². The third kappa shape index (κ3) is 6.19. The minimum atomic E-state index is -0.590. The van der Waals surface area contributed by atoms with E-state index in [-0.39, 0.29) is 40.3 Å². The summed E-state index contributed by atoms with van der Waals surface area (Å²) < 4.78 is 18.1. The number of non-ortho nitro benzene ring substituents is 1. The minimum Gasteiger partial charge on any atom is -1.00 e. The molecule has 2 heterocycles. The summed E-state index contributed by atoms with van der Waals surface area (Å²) in [6.45, 7) is 4.35. The van der Waals surface area contributed by atoms with Gasteiger partial charge in [-0.05, 0) is 24.3 Å². The summed E-state index contributed by atoms with van der Waals surface area (Å²) in [4.78, 5) is 10.5. The number of nitrogens with zero attached hydrogens (tertiary/aromatic N) is 2. The van der Waals surface area contributed by atoms with Crippen LogP contribution in [0.3, 0.4) is 0 Å². The Bertz CT molecular complexity index is 888. The van der Waals surface area contributed by atoms with Crippen LogP contribution in [0.2, 0.25) is 0 Å². The highest BCUT2D eigenvalue weighted by Crippen LogP contribution is 2.31. The molecule has 0 amide bonds. The number of likely N-dealkylation sites (tertiary alicyclic amines) is 1. The van der Waals surface area contributed by atoms with E-state index in [2.05, 4.69) is 0 Å². The smallest absolute Gasteiger partial charge is 0.269 e. The van der Waals surface area contributed by atoms with E-state index in [0.717, 1.165) is 48.3 Å². The summed E-state index contributed by atoms with van der Waals surface area (Å²) in [5.74, 6) is 1.46. The Morgan fingerprint density at radius 2 is 1.81 bits per heavy atom.